The van der Waals surface area contributed by atoms with Crippen LogP contribution in [0.4, 0.5) is 4.39 Å². The molecule has 0 fully saturated rings. The van der Waals surface area contributed by atoms with Gasteiger partial charge in [0.15, 0.2) is 0 Å². The van der Waals surface area contributed by atoms with Gasteiger partial charge in [-0.2, -0.15) is 0 Å². The lowest BCUT2D eigenvalue weighted by atomic mass is 10.1. The van der Waals surface area contributed by atoms with E-state index in [0.717, 1.165) is 0 Å². The first-order chi connectivity index (χ1) is 6.75. The monoisotopic (exact) mass is 218 g/mol. The van der Waals surface area contributed by atoms with Crippen molar-refractivity contribution >= 4 is 11.6 Å². The van der Waals surface area contributed by atoms with Crippen molar-refractivity contribution in [3.63, 3.8) is 0 Å². The molecule has 0 bridgehead atoms. The second kappa shape index (κ2) is 10.5. The fourth-order valence-electron chi connectivity index (χ4n) is 0.870. The van der Waals surface area contributed by atoms with E-state index < -0.39 is 0 Å². The second-order valence-corrected chi connectivity index (χ2v) is 2.46. The number of rotatable bonds is 1. The molecule has 14 heavy (non-hydrogen) atoms. The van der Waals surface area contributed by atoms with Gasteiger partial charge in [0.05, 0.1) is 0 Å². The van der Waals surface area contributed by atoms with Gasteiger partial charge < -0.3 is 0 Å². The molecule has 82 valence electrons. The summed E-state index contributed by atoms with van der Waals surface area (Å²) in [6, 6.07) is 4.73. The molecule has 2 heteroatoms. The quantitative estimate of drug-likeness (QED) is 0.616. The SMILES string of the molecule is CC.CC.CCc1c(F)cccc1Cl. The van der Waals surface area contributed by atoms with E-state index in [1.165, 1.54) is 6.07 Å². The van der Waals surface area contributed by atoms with Crippen LogP contribution in [0.3, 0.4) is 0 Å². The smallest absolute Gasteiger partial charge is 0.127 e. The summed E-state index contributed by atoms with van der Waals surface area (Å²) in [7, 11) is 0. The van der Waals surface area contributed by atoms with Crippen molar-refractivity contribution in [3.8, 4) is 0 Å². The van der Waals surface area contributed by atoms with E-state index in [9.17, 15) is 4.39 Å². The van der Waals surface area contributed by atoms with Crippen molar-refractivity contribution in [2.75, 3.05) is 0 Å². The number of halogens is 2. The van der Waals surface area contributed by atoms with Crippen LogP contribution < -0.4 is 0 Å². The first kappa shape index (κ1) is 15.9. The third-order valence-corrected chi connectivity index (χ3v) is 1.77. The fraction of sp³-hybridized carbons (Fsp3) is 0.500. The Morgan fingerprint density at radius 1 is 1.14 bits per heavy atom. The van der Waals surface area contributed by atoms with Gasteiger partial charge in [0, 0.05) is 10.6 Å². The third-order valence-electron chi connectivity index (χ3n) is 1.42. The molecule has 0 saturated carbocycles. The van der Waals surface area contributed by atoms with Gasteiger partial charge in [0.25, 0.3) is 0 Å². The van der Waals surface area contributed by atoms with Gasteiger partial charge in [-0.25, -0.2) is 4.39 Å². The van der Waals surface area contributed by atoms with Gasteiger partial charge in [-0.15, -0.1) is 0 Å². The Bertz CT molecular complexity index is 214. The van der Waals surface area contributed by atoms with Crippen LogP contribution in [0.15, 0.2) is 18.2 Å². The second-order valence-electron chi connectivity index (χ2n) is 2.05. The molecular formula is C12H20ClF. The number of hydrogen-bond acceptors (Lipinski definition) is 0. The summed E-state index contributed by atoms with van der Waals surface area (Å²) in [4.78, 5) is 0. The number of hydrogen-bond donors (Lipinski definition) is 0. The van der Waals surface area contributed by atoms with Crippen molar-refractivity contribution in [2.24, 2.45) is 0 Å². The van der Waals surface area contributed by atoms with Gasteiger partial charge >= 0.3 is 0 Å². The van der Waals surface area contributed by atoms with Crippen molar-refractivity contribution < 1.29 is 4.39 Å². The van der Waals surface area contributed by atoms with E-state index in [0.29, 0.717) is 17.0 Å². The highest BCUT2D eigenvalue weighted by Gasteiger charge is 2.01. The van der Waals surface area contributed by atoms with Crippen LogP contribution in [0.1, 0.15) is 40.2 Å². The van der Waals surface area contributed by atoms with Gasteiger partial charge in [0.1, 0.15) is 5.82 Å². The van der Waals surface area contributed by atoms with Crippen LogP contribution in [0.2, 0.25) is 5.02 Å². The lowest BCUT2D eigenvalue weighted by molar-refractivity contribution is 0.612. The van der Waals surface area contributed by atoms with Gasteiger partial charge in [-0.3, -0.25) is 0 Å². The van der Waals surface area contributed by atoms with Gasteiger partial charge in [-0.05, 0) is 18.6 Å². The van der Waals surface area contributed by atoms with Crippen LogP contribution in [-0.4, -0.2) is 0 Å². The fourth-order valence-corrected chi connectivity index (χ4v) is 1.17. The molecule has 0 spiro atoms. The van der Waals surface area contributed by atoms with Gasteiger partial charge in [-0.1, -0.05) is 52.3 Å². The number of benzene rings is 1. The maximum atomic E-state index is 12.8. The Balaban J connectivity index is 0. The summed E-state index contributed by atoms with van der Waals surface area (Å²) in [5.41, 5.74) is 0.601. The summed E-state index contributed by atoms with van der Waals surface area (Å²) >= 11 is 5.69. The minimum Gasteiger partial charge on any atom is -0.207 e. The molecule has 0 aromatic heterocycles. The first-order valence-electron chi connectivity index (χ1n) is 5.18. The molecule has 0 aliphatic rings. The Labute approximate surface area is 92.1 Å². The highest BCUT2D eigenvalue weighted by molar-refractivity contribution is 6.31. The molecule has 1 rings (SSSR count). The van der Waals surface area contributed by atoms with E-state index in [2.05, 4.69) is 0 Å². The van der Waals surface area contributed by atoms with E-state index in [1.54, 1.807) is 12.1 Å². The minimum atomic E-state index is -0.213. The zero-order chi connectivity index (χ0) is 11.6. The Kier molecular flexibility index (Phi) is 11.9. The molecule has 0 saturated heterocycles. The maximum absolute atomic E-state index is 12.8. The topological polar surface area (TPSA) is 0 Å². The first-order valence-corrected chi connectivity index (χ1v) is 5.56. The largest absolute Gasteiger partial charge is 0.207 e. The molecule has 0 aliphatic carbocycles. The van der Waals surface area contributed by atoms with Crippen molar-refractivity contribution in [2.45, 2.75) is 41.0 Å². The molecule has 0 amide bonds. The Hall–Kier alpha value is -0.560. The zero-order valence-electron chi connectivity index (χ0n) is 9.70. The Morgan fingerprint density at radius 2 is 1.64 bits per heavy atom. The summed E-state index contributed by atoms with van der Waals surface area (Å²) in [5, 5.41) is 0.516. The summed E-state index contributed by atoms with van der Waals surface area (Å²) in [6.45, 7) is 9.88. The van der Waals surface area contributed by atoms with Gasteiger partial charge in [0.2, 0.25) is 0 Å². The molecule has 0 radical (unpaired) electrons. The van der Waals surface area contributed by atoms with E-state index in [1.807, 2.05) is 34.6 Å². The molecule has 0 heterocycles. The standard InChI is InChI=1S/C8H8ClF.2C2H6/c1-2-6-7(9)4-3-5-8(6)10;2*1-2/h3-5H,2H2,1H3;2*1-2H3. The van der Waals surface area contributed by atoms with Crippen molar-refractivity contribution in [1.82, 2.24) is 0 Å². The average Bonchev–Trinajstić information content (AvgIpc) is 2.24. The molecule has 0 N–H and O–H groups in total. The summed E-state index contributed by atoms with van der Waals surface area (Å²) in [6.07, 6.45) is 0.644. The van der Waals surface area contributed by atoms with Crippen LogP contribution >= 0.6 is 11.6 Å². The summed E-state index contributed by atoms with van der Waals surface area (Å²) < 4.78 is 12.8. The van der Waals surface area contributed by atoms with Crippen LogP contribution in [0, 0.1) is 5.82 Å². The highest BCUT2D eigenvalue weighted by atomic mass is 35.5. The average molecular weight is 219 g/mol. The molecule has 0 atom stereocenters. The zero-order valence-corrected chi connectivity index (χ0v) is 10.5. The lowest BCUT2D eigenvalue weighted by Gasteiger charge is -1.99. The minimum absolute atomic E-state index is 0.213. The van der Waals surface area contributed by atoms with E-state index in [4.69, 9.17) is 11.6 Å². The van der Waals surface area contributed by atoms with Crippen LogP contribution in [0.25, 0.3) is 0 Å². The summed E-state index contributed by atoms with van der Waals surface area (Å²) in [5.74, 6) is -0.213. The van der Waals surface area contributed by atoms with E-state index in [-0.39, 0.29) is 5.82 Å². The predicted molar refractivity (Wildman–Crippen MR) is 63.5 cm³/mol. The normalized spacial score (nSPS) is 7.93. The molecule has 0 unspecified atom stereocenters. The predicted octanol–water partition coefficient (Wildman–Crippen LogP) is 5.09. The molecule has 0 nitrogen and oxygen atoms in total. The highest BCUT2D eigenvalue weighted by Crippen LogP contribution is 2.18. The van der Waals surface area contributed by atoms with Crippen LogP contribution in [-0.2, 0) is 6.42 Å². The molecular weight excluding hydrogens is 199 g/mol. The third kappa shape index (κ3) is 5.23. The molecule has 0 aliphatic heterocycles. The molecule has 1 aromatic carbocycles. The van der Waals surface area contributed by atoms with Crippen LogP contribution in [0.5, 0.6) is 0 Å². The maximum Gasteiger partial charge on any atom is 0.127 e. The lowest BCUT2D eigenvalue weighted by Crippen LogP contribution is -1.87. The Morgan fingerprint density at radius 3 is 1.93 bits per heavy atom. The van der Waals surface area contributed by atoms with Crippen molar-refractivity contribution in [1.29, 1.82) is 0 Å². The molecule has 1 aromatic rings. The van der Waals surface area contributed by atoms with E-state index >= 15 is 0 Å². The van der Waals surface area contributed by atoms with Crippen molar-refractivity contribution in [3.05, 3.63) is 34.6 Å².